The van der Waals surface area contributed by atoms with Crippen molar-refractivity contribution in [1.82, 2.24) is 4.57 Å². The number of aryl methyl sites for hydroxylation is 1. The zero-order valence-electron chi connectivity index (χ0n) is 14.0. The SMILES string of the molecule is Cc1ccc(NC(=O)c2cn3c4c(cccc4c2=O)C[C@H]3C)cc1Cl. The van der Waals surface area contributed by atoms with Gasteiger partial charge in [-0.2, -0.15) is 0 Å². The Kier molecular flexibility index (Phi) is 3.65. The lowest BCUT2D eigenvalue weighted by molar-refractivity contribution is 0.102. The zero-order chi connectivity index (χ0) is 17.7. The number of para-hydroxylation sites is 1. The Balaban J connectivity index is 1.80. The number of anilines is 1. The number of nitrogens with one attached hydrogen (secondary N) is 1. The van der Waals surface area contributed by atoms with E-state index in [2.05, 4.69) is 12.2 Å². The molecule has 4 rings (SSSR count). The van der Waals surface area contributed by atoms with Crippen LogP contribution in [-0.2, 0) is 6.42 Å². The lowest BCUT2D eigenvalue weighted by atomic mass is 10.1. The van der Waals surface area contributed by atoms with Gasteiger partial charge in [0.1, 0.15) is 5.56 Å². The summed E-state index contributed by atoms with van der Waals surface area (Å²) in [5.41, 5.74) is 3.51. The third-order valence-corrected chi connectivity index (χ3v) is 5.21. The monoisotopic (exact) mass is 352 g/mol. The molecule has 0 bridgehead atoms. The van der Waals surface area contributed by atoms with Gasteiger partial charge in [-0.15, -0.1) is 0 Å². The molecule has 2 heterocycles. The molecule has 0 unspecified atom stereocenters. The van der Waals surface area contributed by atoms with Gasteiger partial charge in [-0.25, -0.2) is 0 Å². The van der Waals surface area contributed by atoms with Crippen LogP contribution in [0.4, 0.5) is 5.69 Å². The zero-order valence-corrected chi connectivity index (χ0v) is 14.7. The number of rotatable bonds is 2. The largest absolute Gasteiger partial charge is 0.343 e. The molecule has 4 nitrogen and oxygen atoms in total. The van der Waals surface area contributed by atoms with Gasteiger partial charge in [-0.1, -0.05) is 29.8 Å². The molecule has 1 amide bonds. The van der Waals surface area contributed by atoms with Gasteiger partial charge >= 0.3 is 0 Å². The maximum absolute atomic E-state index is 12.8. The number of hydrogen-bond acceptors (Lipinski definition) is 2. The number of benzene rings is 2. The number of halogens is 1. The van der Waals surface area contributed by atoms with E-state index in [0.717, 1.165) is 23.1 Å². The fraction of sp³-hybridized carbons (Fsp3) is 0.200. The molecule has 1 aliphatic rings. The number of carbonyl (C=O) groups excluding carboxylic acids is 1. The van der Waals surface area contributed by atoms with Crippen LogP contribution in [0.5, 0.6) is 0 Å². The maximum atomic E-state index is 12.8. The molecule has 25 heavy (non-hydrogen) atoms. The molecule has 1 aliphatic heterocycles. The van der Waals surface area contributed by atoms with Gasteiger partial charge in [0.05, 0.1) is 5.52 Å². The van der Waals surface area contributed by atoms with Crippen LogP contribution in [0.25, 0.3) is 10.9 Å². The van der Waals surface area contributed by atoms with E-state index < -0.39 is 5.91 Å². The van der Waals surface area contributed by atoms with Crippen molar-refractivity contribution in [2.75, 3.05) is 5.32 Å². The molecule has 1 N–H and O–H groups in total. The van der Waals surface area contributed by atoms with Crippen LogP contribution in [0.15, 0.2) is 47.4 Å². The normalized spacial score (nSPS) is 15.6. The highest BCUT2D eigenvalue weighted by Gasteiger charge is 2.24. The second kappa shape index (κ2) is 5.74. The fourth-order valence-corrected chi connectivity index (χ4v) is 3.63. The molecule has 2 aromatic carbocycles. The van der Waals surface area contributed by atoms with Crippen molar-refractivity contribution in [2.45, 2.75) is 26.3 Å². The summed E-state index contributed by atoms with van der Waals surface area (Å²) in [5.74, 6) is -0.417. The minimum absolute atomic E-state index is 0.148. The van der Waals surface area contributed by atoms with Gasteiger partial charge in [-0.3, -0.25) is 9.59 Å². The van der Waals surface area contributed by atoms with Gasteiger partial charge < -0.3 is 9.88 Å². The van der Waals surface area contributed by atoms with Crippen LogP contribution in [-0.4, -0.2) is 10.5 Å². The Morgan fingerprint density at radius 2 is 2.08 bits per heavy atom. The van der Waals surface area contributed by atoms with E-state index in [-0.39, 0.29) is 17.0 Å². The Hall–Kier alpha value is -2.59. The van der Waals surface area contributed by atoms with Crippen LogP contribution in [0.2, 0.25) is 5.02 Å². The van der Waals surface area contributed by atoms with E-state index in [4.69, 9.17) is 11.6 Å². The van der Waals surface area contributed by atoms with Gasteiger partial charge in [0.2, 0.25) is 5.43 Å². The molecule has 1 aromatic heterocycles. The van der Waals surface area contributed by atoms with Crippen molar-refractivity contribution in [3.8, 4) is 0 Å². The van der Waals surface area contributed by atoms with Crippen molar-refractivity contribution >= 4 is 34.1 Å². The molecule has 0 aliphatic carbocycles. The maximum Gasteiger partial charge on any atom is 0.261 e. The summed E-state index contributed by atoms with van der Waals surface area (Å²) >= 11 is 6.11. The molecule has 126 valence electrons. The molecule has 0 fully saturated rings. The fourth-order valence-electron chi connectivity index (χ4n) is 3.45. The number of carbonyl (C=O) groups is 1. The third kappa shape index (κ3) is 2.53. The molecule has 1 atom stereocenters. The lowest BCUT2D eigenvalue weighted by Crippen LogP contribution is -2.23. The first kappa shape index (κ1) is 15.9. The topological polar surface area (TPSA) is 51.1 Å². The Morgan fingerprint density at radius 1 is 1.28 bits per heavy atom. The standard InChI is InChI=1S/C20H17ClN2O2/c1-11-6-7-14(9-17(11)21)22-20(25)16-10-23-12(2)8-13-4-3-5-15(18(13)23)19(16)24/h3-7,9-10,12H,8H2,1-2H3,(H,22,25)/t12-/m1/s1. The third-order valence-electron chi connectivity index (χ3n) is 4.80. The quantitative estimate of drug-likeness (QED) is 0.746. The highest BCUT2D eigenvalue weighted by Crippen LogP contribution is 2.31. The number of hydrogen-bond donors (Lipinski definition) is 1. The average Bonchev–Trinajstić information content (AvgIpc) is 2.90. The Morgan fingerprint density at radius 3 is 2.84 bits per heavy atom. The summed E-state index contributed by atoms with van der Waals surface area (Å²) in [5, 5.41) is 3.95. The molecule has 0 saturated heterocycles. The van der Waals surface area contributed by atoms with E-state index in [1.54, 1.807) is 24.4 Å². The minimum Gasteiger partial charge on any atom is -0.343 e. The first-order chi connectivity index (χ1) is 12.0. The molecule has 0 saturated carbocycles. The number of nitrogens with zero attached hydrogens (tertiary/aromatic N) is 1. The van der Waals surface area contributed by atoms with Crippen LogP contribution in [0.1, 0.15) is 34.5 Å². The number of aromatic nitrogens is 1. The summed E-state index contributed by atoms with van der Waals surface area (Å²) in [6, 6.07) is 11.2. The molecule has 3 aromatic rings. The van der Waals surface area contributed by atoms with Gasteiger partial charge in [0.25, 0.3) is 5.91 Å². The van der Waals surface area contributed by atoms with E-state index in [1.807, 2.05) is 29.7 Å². The molecule has 0 spiro atoms. The van der Waals surface area contributed by atoms with Crippen LogP contribution >= 0.6 is 11.6 Å². The molecular weight excluding hydrogens is 336 g/mol. The molecule has 5 heteroatoms. The van der Waals surface area contributed by atoms with Crippen LogP contribution in [0, 0.1) is 6.92 Å². The van der Waals surface area contributed by atoms with Crippen molar-refractivity contribution in [3.63, 3.8) is 0 Å². The lowest BCUT2D eigenvalue weighted by Gasteiger charge is -2.13. The summed E-state index contributed by atoms with van der Waals surface area (Å²) in [4.78, 5) is 25.5. The van der Waals surface area contributed by atoms with Crippen LogP contribution in [0.3, 0.4) is 0 Å². The first-order valence-corrected chi connectivity index (χ1v) is 8.58. The van der Waals surface area contributed by atoms with Crippen molar-refractivity contribution in [1.29, 1.82) is 0 Å². The smallest absolute Gasteiger partial charge is 0.261 e. The van der Waals surface area contributed by atoms with E-state index in [0.29, 0.717) is 16.1 Å². The predicted octanol–water partition coefficient (Wildman–Crippen LogP) is 4.33. The number of amides is 1. The van der Waals surface area contributed by atoms with Crippen molar-refractivity contribution < 1.29 is 4.79 Å². The van der Waals surface area contributed by atoms with Crippen molar-refractivity contribution in [3.05, 3.63) is 74.5 Å². The van der Waals surface area contributed by atoms with Gasteiger partial charge in [-0.05, 0) is 49.6 Å². The van der Waals surface area contributed by atoms with Gasteiger partial charge in [0.15, 0.2) is 0 Å². The summed E-state index contributed by atoms with van der Waals surface area (Å²) in [7, 11) is 0. The van der Waals surface area contributed by atoms with E-state index in [9.17, 15) is 9.59 Å². The van der Waals surface area contributed by atoms with Gasteiger partial charge in [0, 0.05) is 28.3 Å². The predicted molar refractivity (Wildman–Crippen MR) is 101 cm³/mol. The molecular formula is C20H17ClN2O2. The van der Waals surface area contributed by atoms with Crippen molar-refractivity contribution in [2.24, 2.45) is 0 Å². The summed E-state index contributed by atoms with van der Waals surface area (Å²) < 4.78 is 2.03. The summed E-state index contributed by atoms with van der Waals surface area (Å²) in [6.45, 7) is 3.98. The molecule has 0 radical (unpaired) electrons. The highest BCUT2D eigenvalue weighted by molar-refractivity contribution is 6.31. The van der Waals surface area contributed by atoms with Crippen LogP contribution < -0.4 is 10.7 Å². The second-order valence-corrected chi connectivity index (χ2v) is 6.97. The highest BCUT2D eigenvalue weighted by atomic mass is 35.5. The summed E-state index contributed by atoms with van der Waals surface area (Å²) in [6.07, 6.45) is 2.55. The number of pyridine rings is 1. The first-order valence-electron chi connectivity index (χ1n) is 8.20. The van der Waals surface area contributed by atoms with E-state index >= 15 is 0 Å². The van der Waals surface area contributed by atoms with E-state index in [1.165, 1.54) is 0 Å². The Labute approximate surface area is 150 Å². The Bertz CT molecular complexity index is 1080. The second-order valence-electron chi connectivity index (χ2n) is 6.56. The minimum atomic E-state index is -0.417. The average molecular weight is 353 g/mol.